The van der Waals surface area contributed by atoms with Crippen molar-refractivity contribution in [2.45, 2.75) is 51.9 Å². The Bertz CT molecular complexity index is 342. The topological polar surface area (TPSA) is 39.7 Å². The first-order chi connectivity index (χ1) is 10.7. The van der Waals surface area contributed by atoms with Crippen LogP contribution in [0.4, 0.5) is 0 Å². The van der Waals surface area contributed by atoms with Crippen LogP contribution in [0.15, 0.2) is 4.99 Å². The van der Waals surface area contributed by atoms with Gasteiger partial charge in [0.2, 0.25) is 0 Å². The van der Waals surface area contributed by atoms with E-state index < -0.39 is 0 Å². The van der Waals surface area contributed by atoms with Gasteiger partial charge in [-0.3, -0.25) is 4.99 Å². The van der Waals surface area contributed by atoms with E-state index in [1.165, 1.54) is 58.0 Å². The van der Waals surface area contributed by atoms with Gasteiger partial charge < -0.3 is 15.5 Å². The molecule has 0 aromatic rings. The predicted octanol–water partition coefficient (Wildman–Crippen LogP) is 2.71. The molecule has 1 aliphatic heterocycles. The molecule has 128 valence electrons. The average Bonchev–Trinajstić information content (AvgIpc) is 2.51. The van der Waals surface area contributed by atoms with Gasteiger partial charge >= 0.3 is 0 Å². The fraction of sp³-hybridized carbons (Fsp3) is 0.944. The molecule has 0 amide bonds. The molecule has 3 unspecified atom stereocenters. The molecule has 1 aliphatic carbocycles. The van der Waals surface area contributed by atoms with Crippen molar-refractivity contribution in [2.24, 2.45) is 22.7 Å². The summed E-state index contributed by atoms with van der Waals surface area (Å²) in [6.07, 6.45) is 9.66. The molecule has 1 saturated heterocycles. The van der Waals surface area contributed by atoms with E-state index in [9.17, 15) is 0 Å². The maximum atomic E-state index is 4.37. The maximum Gasteiger partial charge on any atom is 0.190 e. The Morgan fingerprint density at radius 3 is 2.68 bits per heavy atom. The summed E-state index contributed by atoms with van der Waals surface area (Å²) in [6, 6.07) is 0. The third-order valence-electron chi connectivity index (χ3n) is 5.39. The van der Waals surface area contributed by atoms with Crippen molar-refractivity contribution in [3.63, 3.8) is 0 Å². The van der Waals surface area contributed by atoms with Crippen molar-refractivity contribution < 1.29 is 0 Å². The number of nitrogens with zero attached hydrogens (tertiary/aromatic N) is 2. The largest absolute Gasteiger partial charge is 0.356 e. The molecule has 0 spiro atoms. The van der Waals surface area contributed by atoms with Gasteiger partial charge in [0.1, 0.15) is 0 Å². The summed E-state index contributed by atoms with van der Waals surface area (Å²) >= 11 is 0. The summed E-state index contributed by atoms with van der Waals surface area (Å²) in [4.78, 5) is 6.81. The molecule has 2 aliphatic rings. The van der Waals surface area contributed by atoms with Gasteiger partial charge in [-0.05, 0) is 57.0 Å². The Labute approximate surface area is 137 Å². The number of guanidine groups is 1. The molecule has 3 atom stereocenters. The van der Waals surface area contributed by atoms with Gasteiger partial charge in [0.25, 0.3) is 0 Å². The molecule has 0 radical (unpaired) electrons. The quantitative estimate of drug-likeness (QED) is 0.606. The molecular formula is C18H36N4. The van der Waals surface area contributed by atoms with Crippen molar-refractivity contribution in [3.05, 3.63) is 0 Å². The van der Waals surface area contributed by atoms with Gasteiger partial charge in [0.15, 0.2) is 5.96 Å². The minimum absolute atomic E-state index is 0.761. The predicted molar refractivity (Wildman–Crippen MR) is 95.3 cm³/mol. The number of nitrogens with one attached hydrogen (secondary N) is 2. The Morgan fingerprint density at radius 1 is 1.14 bits per heavy atom. The van der Waals surface area contributed by atoms with Gasteiger partial charge in [-0.25, -0.2) is 0 Å². The molecule has 0 aromatic heterocycles. The number of likely N-dealkylation sites (tertiary alicyclic amines) is 1. The van der Waals surface area contributed by atoms with Crippen LogP contribution >= 0.6 is 0 Å². The van der Waals surface area contributed by atoms with E-state index >= 15 is 0 Å². The molecular weight excluding hydrogens is 272 g/mol. The number of hydrogen-bond acceptors (Lipinski definition) is 2. The lowest BCUT2D eigenvalue weighted by Gasteiger charge is -2.30. The third-order valence-corrected chi connectivity index (χ3v) is 5.39. The summed E-state index contributed by atoms with van der Waals surface area (Å²) < 4.78 is 0. The molecule has 2 fully saturated rings. The SMILES string of the molecule is CN=C(NCCC1CCCC(C)C1)NCC1CCCN(C)C1. The molecule has 0 bridgehead atoms. The van der Waals surface area contributed by atoms with Gasteiger partial charge in [-0.2, -0.15) is 0 Å². The lowest BCUT2D eigenvalue weighted by molar-refractivity contribution is 0.210. The molecule has 1 saturated carbocycles. The van der Waals surface area contributed by atoms with Crippen LogP contribution in [0.2, 0.25) is 0 Å². The number of piperidine rings is 1. The Kier molecular flexibility index (Phi) is 7.50. The zero-order valence-electron chi connectivity index (χ0n) is 14.9. The van der Waals surface area contributed by atoms with Gasteiger partial charge in [-0.1, -0.05) is 26.2 Å². The summed E-state index contributed by atoms with van der Waals surface area (Å²) in [5.41, 5.74) is 0. The van der Waals surface area contributed by atoms with Crippen LogP contribution in [0.5, 0.6) is 0 Å². The van der Waals surface area contributed by atoms with Crippen LogP contribution in [0.3, 0.4) is 0 Å². The van der Waals surface area contributed by atoms with E-state index in [1.54, 1.807) is 0 Å². The van der Waals surface area contributed by atoms with Crippen molar-refractivity contribution >= 4 is 5.96 Å². The zero-order chi connectivity index (χ0) is 15.8. The van der Waals surface area contributed by atoms with Crippen LogP contribution in [-0.4, -0.2) is 51.1 Å². The fourth-order valence-corrected chi connectivity index (χ4v) is 4.12. The second-order valence-corrected chi connectivity index (χ2v) is 7.58. The molecule has 4 nitrogen and oxygen atoms in total. The highest BCUT2D eigenvalue weighted by Crippen LogP contribution is 2.30. The van der Waals surface area contributed by atoms with Crippen LogP contribution in [-0.2, 0) is 0 Å². The first-order valence-corrected chi connectivity index (χ1v) is 9.30. The fourth-order valence-electron chi connectivity index (χ4n) is 4.12. The molecule has 2 N–H and O–H groups in total. The zero-order valence-corrected chi connectivity index (χ0v) is 14.9. The summed E-state index contributed by atoms with van der Waals surface area (Å²) in [5.74, 6) is 3.59. The van der Waals surface area contributed by atoms with Gasteiger partial charge in [-0.15, -0.1) is 0 Å². The van der Waals surface area contributed by atoms with Crippen LogP contribution in [0, 0.1) is 17.8 Å². The normalized spacial score (nSPS) is 31.0. The molecule has 1 heterocycles. The summed E-state index contributed by atoms with van der Waals surface area (Å²) in [5, 5.41) is 7.03. The smallest absolute Gasteiger partial charge is 0.190 e. The van der Waals surface area contributed by atoms with Crippen molar-refractivity contribution in [3.8, 4) is 0 Å². The first kappa shape index (κ1) is 17.6. The summed E-state index contributed by atoms with van der Waals surface area (Å²) in [7, 11) is 4.11. The van der Waals surface area contributed by atoms with E-state index in [0.717, 1.165) is 36.8 Å². The van der Waals surface area contributed by atoms with Crippen molar-refractivity contribution in [2.75, 3.05) is 40.3 Å². The number of rotatable bonds is 5. The number of aliphatic imine (C=N–C) groups is 1. The van der Waals surface area contributed by atoms with Crippen LogP contribution < -0.4 is 10.6 Å². The molecule has 4 heteroatoms. The van der Waals surface area contributed by atoms with Crippen molar-refractivity contribution in [1.82, 2.24) is 15.5 Å². The van der Waals surface area contributed by atoms with E-state index in [1.807, 2.05) is 7.05 Å². The van der Waals surface area contributed by atoms with Crippen LogP contribution in [0.25, 0.3) is 0 Å². The number of hydrogen-bond donors (Lipinski definition) is 2. The van der Waals surface area contributed by atoms with Crippen LogP contribution in [0.1, 0.15) is 51.9 Å². The maximum absolute atomic E-state index is 4.37. The van der Waals surface area contributed by atoms with Gasteiger partial charge in [0, 0.05) is 26.7 Å². The van der Waals surface area contributed by atoms with E-state index in [0.29, 0.717) is 0 Å². The average molecular weight is 309 g/mol. The monoisotopic (exact) mass is 308 g/mol. The highest BCUT2D eigenvalue weighted by atomic mass is 15.2. The highest BCUT2D eigenvalue weighted by molar-refractivity contribution is 5.79. The van der Waals surface area contributed by atoms with E-state index in [4.69, 9.17) is 0 Å². The van der Waals surface area contributed by atoms with E-state index in [-0.39, 0.29) is 0 Å². The van der Waals surface area contributed by atoms with Crippen molar-refractivity contribution in [1.29, 1.82) is 0 Å². The minimum atomic E-state index is 0.761. The molecule has 22 heavy (non-hydrogen) atoms. The first-order valence-electron chi connectivity index (χ1n) is 9.30. The highest BCUT2D eigenvalue weighted by Gasteiger charge is 2.19. The summed E-state index contributed by atoms with van der Waals surface area (Å²) in [6.45, 7) is 6.97. The standard InChI is InChI=1S/C18H36N4/c1-15-6-4-7-16(12-15)9-10-20-18(19-2)21-13-17-8-5-11-22(3)14-17/h15-17H,4-14H2,1-3H3,(H2,19,20,21). The lowest BCUT2D eigenvalue weighted by atomic mass is 9.81. The van der Waals surface area contributed by atoms with E-state index in [2.05, 4.69) is 34.5 Å². The lowest BCUT2D eigenvalue weighted by Crippen LogP contribution is -2.44. The van der Waals surface area contributed by atoms with Gasteiger partial charge in [0.05, 0.1) is 0 Å². The third kappa shape index (κ3) is 6.15. The molecule has 2 rings (SSSR count). The minimum Gasteiger partial charge on any atom is -0.356 e. The molecule has 0 aromatic carbocycles. The Morgan fingerprint density at radius 2 is 1.95 bits per heavy atom. The second kappa shape index (κ2) is 9.39. The Balaban J connectivity index is 1.60. The Hall–Kier alpha value is -0.770. The second-order valence-electron chi connectivity index (χ2n) is 7.58.